The smallest absolute Gasteiger partial charge is 0.414 e. The van der Waals surface area contributed by atoms with E-state index in [0.717, 1.165) is 62.9 Å². The number of amides is 2. The topological polar surface area (TPSA) is 71.6 Å². The minimum atomic E-state index is -0.361. The van der Waals surface area contributed by atoms with Crippen molar-refractivity contribution in [3.05, 3.63) is 29.6 Å². The van der Waals surface area contributed by atoms with Gasteiger partial charge >= 0.3 is 12.2 Å². The van der Waals surface area contributed by atoms with Gasteiger partial charge in [0, 0.05) is 37.9 Å². The average molecular weight is 504 g/mol. The number of piperidine rings is 2. The number of likely N-dealkylation sites (tertiary alicyclic amines) is 1. The number of benzene rings is 1. The molecule has 9 heteroatoms. The lowest BCUT2D eigenvalue weighted by molar-refractivity contribution is 0.0279. The molecule has 2 bridgehead atoms. The van der Waals surface area contributed by atoms with Crippen LogP contribution >= 0.6 is 0 Å². The third-order valence-corrected chi connectivity index (χ3v) is 9.12. The molecular formula is C27H38FN3O5. The van der Waals surface area contributed by atoms with E-state index < -0.39 is 0 Å². The fourth-order valence-corrected chi connectivity index (χ4v) is 7.30. The van der Waals surface area contributed by atoms with Gasteiger partial charge in [0.1, 0.15) is 11.9 Å². The number of rotatable bonds is 3. The fraction of sp³-hybridized carbons (Fsp3) is 0.704. The first-order chi connectivity index (χ1) is 17.5. The average Bonchev–Trinajstić information content (AvgIpc) is 3.56. The Balaban J connectivity index is 0.00000280. The first-order valence-corrected chi connectivity index (χ1v) is 13.5. The van der Waals surface area contributed by atoms with Crippen molar-refractivity contribution < 1.29 is 29.6 Å². The second kappa shape index (κ2) is 9.49. The molecule has 1 aromatic carbocycles. The van der Waals surface area contributed by atoms with Crippen LogP contribution in [0.5, 0.6) is 0 Å². The Morgan fingerprint density at radius 2 is 1.86 bits per heavy atom. The number of halogens is 1. The zero-order valence-electron chi connectivity index (χ0n) is 21.0. The van der Waals surface area contributed by atoms with Gasteiger partial charge in [-0.25, -0.2) is 14.0 Å². The summed E-state index contributed by atoms with van der Waals surface area (Å²) in [6.07, 6.45) is 5.78. The normalized spacial score (nSPS) is 31.1. The van der Waals surface area contributed by atoms with Crippen molar-refractivity contribution in [1.29, 1.82) is 0 Å². The van der Waals surface area contributed by atoms with Crippen molar-refractivity contribution in [2.45, 2.75) is 81.5 Å². The second-order valence-electron chi connectivity index (χ2n) is 11.0. The molecule has 1 spiro atoms. The lowest BCUT2D eigenvalue weighted by Crippen LogP contribution is -2.55. The van der Waals surface area contributed by atoms with Crippen molar-refractivity contribution in [3.8, 4) is 0 Å². The van der Waals surface area contributed by atoms with Crippen LogP contribution in [0.15, 0.2) is 18.2 Å². The summed E-state index contributed by atoms with van der Waals surface area (Å²) in [5, 5.41) is 0. The summed E-state index contributed by atoms with van der Waals surface area (Å²) in [4.78, 5) is 31.8. The van der Waals surface area contributed by atoms with Crippen molar-refractivity contribution in [3.63, 3.8) is 0 Å². The van der Waals surface area contributed by atoms with Crippen LogP contribution in [0.4, 0.5) is 19.7 Å². The van der Waals surface area contributed by atoms with E-state index in [1.807, 2.05) is 11.8 Å². The number of ether oxygens (including phenoxy) is 3. The predicted molar refractivity (Wildman–Crippen MR) is 133 cm³/mol. The summed E-state index contributed by atoms with van der Waals surface area (Å²) >= 11 is 0. The lowest BCUT2D eigenvalue weighted by Gasteiger charge is -2.47. The van der Waals surface area contributed by atoms with Gasteiger partial charge in [-0.1, -0.05) is 0 Å². The minimum Gasteiger partial charge on any atom is -0.450 e. The molecule has 198 valence electrons. The molecule has 4 fully saturated rings. The summed E-state index contributed by atoms with van der Waals surface area (Å²) in [7, 11) is 0. The highest BCUT2D eigenvalue weighted by molar-refractivity contribution is 5.91. The largest absolute Gasteiger partial charge is 0.450 e. The Morgan fingerprint density at radius 1 is 1.11 bits per heavy atom. The predicted octanol–water partition coefficient (Wildman–Crippen LogP) is 4.30. The molecular weight excluding hydrogens is 465 g/mol. The van der Waals surface area contributed by atoms with Crippen LogP contribution in [0.2, 0.25) is 0 Å². The minimum absolute atomic E-state index is 0. The lowest BCUT2D eigenvalue weighted by atomic mass is 9.73. The molecule has 6 rings (SSSR count). The number of fused-ring (bicyclic) bond motifs is 4. The highest BCUT2D eigenvalue weighted by Crippen LogP contribution is 2.49. The zero-order valence-corrected chi connectivity index (χ0v) is 21.0. The van der Waals surface area contributed by atoms with Gasteiger partial charge in [0.2, 0.25) is 0 Å². The molecule has 0 radical (unpaired) electrons. The van der Waals surface area contributed by atoms with Crippen LogP contribution in [0.25, 0.3) is 0 Å². The van der Waals surface area contributed by atoms with E-state index in [1.54, 1.807) is 17.0 Å². The Morgan fingerprint density at radius 3 is 2.53 bits per heavy atom. The van der Waals surface area contributed by atoms with Crippen LogP contribution in [-0.2, 0) is 19.6 Å². The molecule has 0 aromatic heterocycles. The van der Waals surface area contributed by atoms with Crippen LogP contribution in [0, 0.1) is 5.82 Å². The van der Waals surface area contributed by atoms with E-state index in [-0.39, 0.29) is 43.0 Å². The first-order valence-electron chi connectivity index (χ1n) is 13.5. The van der Waals surface area contributed by atoms with E-state index in [1.165, 1.54) is 6.07 Å². The highest BCUT2D eigenvalue weighted by Gasteiger charge is 2.50. The van der Waals surface area contributed by atoms with Crippen LogP contribution in [0.1, 0.15) is 58.9 Å². The quantitative estimate of drug-likeness (QED) is 0.613. The van der Waals surface area contributed by atoms with Gasteiger partial charge in [-0.15, -0.1) is 0 Å². The van der Waals surface area contributed by atoms with Gasteiger partial charge in [-0.3, -0.25) is 4.90 Å². The summed E-state index contributed by atoms with van der Waals surface area (Å²) < 4.78 is 30.8. The molecule has 2 unspecified atom stereocenters. The molecule has 3 atom stereocenters. The van der Waals surface area contributed by atoms with E-state index in [4.69, 9.17) is 14.2 Å². The Labute approximate surface area is 213 Å². The van der Waals surface area contributed by atoms with Gasteiger partial charge in [-0.05, 0) is 82.3 Å². The van der Waals surface area contributed by atoms with E-state index in [2.05, 4.69) is 4.90 Å². The molecule has 0 N–H and O–H groups in total. The second-order valence-corrected chi connectivity index (χ2v) is 11.0. The maximum absolute atomic E-state index is 14.4. The SMILES string of the molecule is CCOC(=O)N1C2CCC1CC(N1CCC3(CC1)CN(C(=O)O[C@@H]1CCOC1)c1ccc(F)cc13)C2.[HH]. The number of hydrogen-bond donors (Lipinski definition) is 0. The summed E-state index contributed by atoms with van der Waals surface area (Å²) in [5.41, 5.74) is 1.44. The third-order valence-electron chi connectivity index (χ3n) is 9.12. The van der Waals surface area contributed by atoms with Gasteiger partial charge < -0.3 is 24.0 Å². The van der Waals surface area contributed by atoms with Crippen molar-refractivity contribution in [1.82, 2.24) is 9.80 Å². The summed E-state index contributed by atoms with van der Waals surface area (Å²) in [6, 6.07) is 5.74. The Hall–Kier alpha value is -2.39. The molecule has 0 aliphatic carbocycles. The first kappa shape index (κ1) is 24.0. The van der Waals surface area contributed by atoms with E-state index >= 15 is 0 Å². The van der Waals surface area contributed by atoms with Crippen molar-refractivity contribution >= 4 is 17.9 Å². The molecule has 2 amide bonds. The molecule has 4 saturated heterocycles. The zero-order chi connectivity index (χ0) is 24.9. The van der Waals surface area contributed by atoms with Crippen LogP contribution < -0.4 is 4.90 Å². The van der Waals surface area contributed by atoms with Crippen LogP contribution in [-0.4, -0.2) is 85.7 Å². The molecule has 36 heavy (non-hydrogen) atoms. The van der Waals surface area contributed by atoms with Crippen molar-refractivity contribution in [2.75, 3.05) is 44.4 Å². The molecule has 0 saturated carbocycles. The van der Waals surface area contributed by atoms with Gasteiger partial charge in [-0.2, -0.15) is 0 Å². The number of anilines is 1. The number of nitrogens with zero attached hydrogens (tertiary/aromatic N) is 3. The van der Waals surface area contributed by atoms with Gasteiger partial charge in [0.25, 0.3) is 0 Å². The van der Waals surface area contributed by atoms with E-state index in [0.29, 0.717) is 38.8 Å². The van der Waals surface area contributed by atoms with Crippen LogP contribution in [0.3, 0.4) is 0 Å². The Kier molecular flexibility index (Phi) is 6.32. The molecule has 5 aliphatic rings. The maximum Gasteiger partial charge on any atom is 0.414 e. The molecule has 1 aromatic rings. The molecule has 5 heterocycles. The maximum atomic E-state index is 14.4. The third kappa shape index (κ3) is 4.14. The van der Waals surface area contributed by atoms with Gasteiger partial charge in [0.15, 0.2) is 0 Å². The van der Waals surface area contributed by atoms with E-state index in [9.17, 15) is 14.0 Å². The van der Waals surface area contributed by atoms with Crippen molar-refractivity contribution in [2.24, 2.45) is 0 Å². The number of hydrogen-bond acceptors (Lipinski definition) is 6. The summed E-state index contributed by atoms with van der Waals surface area (Å²) in [5.74, 6) is -0.266. The fourth-order valence-electron chi connectivity index (χ4n) is 7.30. The summed E-state index contributed by atoms with van der Waals surface area (Å²) in [6.45, 7) is 5.64. The number of carbonyl (C=O) groups excluding carboxylic acids is 2. The Bertz CT molecular complexity index is 1000. The molecule has 8 nitrogen and oxygen atoms in total. The standard InChI is InChI=1S/C27H36FN3O5.H2/c1-2-35-26(33)31-19-4-5-20(31)15-21(14-19)29-10-8-27(9-11-29)17-30(24-6-3-18(28)13-23(24)27)25(32)36-22-7-12-34-16-22;/h3,6,13,19-22H,2,4-5,7-12,14-17H2,1H3;1H/t19?,20?,21?,22-;/m1./s1. The van der Waals surface area contributed by atoms with Gasteiger partial charge in [0.05, 0.1) is 25.5 Å². The highest BCUT2D eigenvalue weighted by atomic mass is 19.1. The number of carbonyl (C=O) groups is 2. The molecule has 5 aliphatic heterocycles. The monoisotopic (exact) mass is 503 g/mol.